The molecule has 1 aromatic carbocycles. The van der Waals surface area contributed by atoms with Gasteiger partial charge in [-0.05, 0) is 29.6 Å². The monoisotopic (exact) mass is 358 g/mol. The average molecular weight is 358 g/mol. The number of ether oxygens (including phenoxy) is 3. The summed E-state index contributed by atoms with van der Waals surface area (Å²) < 4.78 is 16.7. The van der Waals surface area contributed by atoms with Crippen LogP contribution in [0.2, 0.25) is 0 Å². The van der Waals surface area contributed by atoms with Crippen LogP contribution < -0.4 is 19.9 Å². The van der Waals surface area contributed by atoms with Crippen LogP contribution in [-0.4, -0.2) is 49.6 Å². The third-order valence-corrected chi connectivity index (χ3v) is 3.96. The summed E-state index contributed by atoms with van der Waals surface area (Å²) in [5.74, 6) is 1.93. The molecular formula is C17H20N5O4+. The first-order chi connectivity index (χ1) is 12.5. The summed E-state index contributed by atoms with van der Waals surface area (Å²) in [7, 11) is 4.64. The van der Waals surface area contributed by atoms with Gasteiger partial charge in [0.15, 0.2) is 23.5 Å². The van der Waals surface area contributed by atoms with Crippen LogP contribution in [-0.2, 0) is 6.42 Å². The molecular weight excluding hydrogens is 338 g/mol. The number of methoxy groups -OCH3 is 3. The van der Waals surface area contributed by atoms with Crippen molar-refractivity contribution >= 4 is 17.4 Å². The van der Waals surface area contributed by atoms with Gasteiger partial charge in [-0.15, -0.1) is 0 Å². The Labute approximate surface area is 150 Å². The molecule has 1 aromatic rings. The molecule has 0 radical (unpaired) electrons. The molecule has 0 amide bonds. The highest BCUT2D eigenvalue weighted by Crippen LogP contribution is 2.38. The number of aliphatic imine (C=N–C) groups is 3. The summed E-state index contributed by atoms with van der Waals surface area (Å²) in [6.45, 7) is 1.71. The van der Waals surface area contributed by atoms with Crippen LogP contribution in [0.3, 0.4) is 0 Å². The number of amidine groups is 2. The fraction of sp³-hybridized carbons (Fsp3) is 0.353. The minimum atomic E-state index is -0.546. The van der Waals surface area contributed by atoms with E-state index in [4.69, 9.17) is 19.9 Å². The molecule has 2 aliphatic heterocycles. The smallest absolute Gasteiger partial charge is 0.392 e. The van der Waals surface area contributed by atoms with Gasteiger partial charge in [0.05, 0.1) is 27.0 Å². The summed E-state index contributed by atoms with van der Waals surface area (Å²) in [6.07, 6.45) is 1.22. The lowest BCUT2D eigenvalue weighted by molar-refractivity contribution is -0.348. The van der Waals surface area contributed by atoms with E-state index in [0.29, 0.717) is 39.8 Å². The standard InChI is InChI=1S/C17H20N5O4/c1-9-8-22(23)17-14(19-9)16(18)20-13(21-17)7-10-5-11(24-2)15(26-4)12(6-10)25-3/h5-6,8,13H,7H2,1-4H3,(H2,18,20)/q+1. The number of benzene rings is 1. The fourth-order valence-electron chi connectivity index (χ4n) is 2.83. The summed E-state index contributed by atoms with van der Waals surface area (Å²) >= 11 is 0. The summed E-state index contributed by atoms with van der Waals surface area (Å²) in [5.41, 5.74) is 7.70. The highest BCUT2D eigenvalue weighted by Gasteiger charge is 2.37. The van der Waals surface area contributed by atoms with E-state index in [1.165, 1.54) is 6.20 Å². The van der Waals surface area contributed by atoms with Crippen molar-refractivity contribution in [1.29, 1.82) is 0 Å². The van der Waals surface area contributed by atoms with Crippen LogP contribution in [0.1, 0.15) is 12.5 Å². The van der Waals surface area contributed by atoms with Gasteiger partial charge >= 0.3 is 5.84 Å². The summed E-state index contributed by atoms with van der Waals surface area (Å²) in [4.78, 5) is 25.1. The molecule has 0 bridgehead atoms. The lowest BCUT2D eigenvalue weighted by atomic mass is 10.1. The zero-order valence-corrected chi connectivity index (χ0v) is 15.0. The van der Waals surface area contributed by atoms with Crippen LogP contribution >= 0.6 is 0 Å². The highest BCUT2D eigenvalue weighted by atomic mass is 16.5. The molecule has 2 aliphatic rings. The van der Waals surface area contributed by atoms with Crippen molar-refractivity contribution in [2.75, 3.05) is 21.3 Å². The number of rotatable bonds is 5. The lowest BCUT2D eigenvalue weighted by Gasteiger charge is -2.16. The van der Waals surface area contributed by atoms with Gasteiger partial charge in [-0.25, -0.2) is 9.98 Å². The predicted molar refractivity (Wildman–Crippen MR) is 97.5 cm³/mol. The first kappa shape index (κ1) is 17.6. The molecule has 0 saturated carbocycles. The van der Waals surface area contributed by atoms with Gasteiger partial charge in [-0.2, -0.15) is 0 Å². The number of nitroso groups, excluding NO2 is 1. The molecule has 1 atom stereocenters. The van der Waals surface area contributed by atoms with E-state index in [2.05, 4.69) is 15.0 Å². The second-order valence-corrected chi connectivity index (χ2v) is 5.74. The molecule has 0 aliphatic carbocycles. The average Bonchev–Trinajstić information content (AvgIpc) is 2.61. The Bertz CT molecular complexity index is 860. The molecule has 0 saturated heterocycles. The minimum absolute atomic E-state index is 0.167. The van der Waals surface area contributed by atoms with E-state index in [1.54, 1.807) is 28.3 Å². The Morgan fingerprint density at radius 3 is 2.35 bits per heavy atom. The quantitative estimate of drug-likeness (QED) is 0.801. The Morgan fingerprint density at radius 1 is 1.12 bits per heavy atom. The Balaban J connectivity index is 1.93. The van der Waals surface area contributed by atoms with Crippen molar-refractivity contribution in [3.8, 4) is 17.2 Å². The molecule has 9 heteroatoms. The van der Waals surface area contributed by atoms with E-state index in [9.17, 15) is 4.91 Å². The number of nitrogens with two attached hydrogens (primary N) is 1. The number of allylic oxidation sites excluding steroid dienone is 1. The number of fused-ring (bicyclic) bond motifs is 1. The van der Waals surface area contributed by atoms with Crippen molar-refractivity contribution in [1.82, 2.24) is 0 Å². The summed E-state index contributed by atoms with van der Waals surface area (Å²) in [5, 5.41) is 0. The maximum atomic E-state index is 12.1. The molecule has 136 valence electrons. The van der Waals surface area contributed by atoms with E-state index >= 15 is 0 Å². The number of hydrogen-bond donors (Lipinski definition) is 1. The molecule has 2 N–H and O–H groups in total. The Hall–Kier alpha value is -3.23. The van der Waals surface area contributed by atoms with Crippen LogP contribution in [0.4, 0.5) is 0 Å². The van der Waals surface area contributed by atoms with Crippen LogP contribution in [0.15, 0.2) is 39.0 Å². The minimum Gasteiger partial charge on any atom is -0.493 e. The molecule has 0 fully saturated rings. The molecule has 3 rings (SSSR count). The largest absolute Gasteiger partial charge is 0.493 e. The molecule has 0 spiro atoms. The maximum Gasteiger partial charge on any atom is 0.392 e. The second-order valence-electron chi connectivity index (χ2n) is 5.74. The molecule has 26 heavy (non-hydrogen) atoms. The number of hydrogen-bond acceptors (Lipinski definition) is 8. The molecule has 0 aromatic heterocycles. The van der Waals surface area contributed by atoms with Gasteiger partial charge in [0.25, 0.3) is 0 Å². The van der Waals surface area contributed by atoms with Crippen molar-refractivity contribution in [3.05, 3.63) is 34.5 Å². The second kappa shape index (κ2) is 6.95. The first-order valence-corrected chi connectivity index (χ1v) is 7.91. The molecule has 1 unspecified atom stereocenters. The third kappa shape index (κ3) is 3.15. The van der Waals surface area contributed by atoms with Gasteiger partial charge in [-0.1, -0.05) is 4.91 Å². The van der Waals surface area contributed by atoms with Crippen LogP contribution in [0.5, 0.6) is 17.2 Å². The topological polar surface area (TPSA) is 111 Å². The van der Waals surface area contributed by atoms with E-state index in [-0.39, 0.29) is 11.7 Å². The molecule has 2 heterocycles. The maximum absolute atomic E-state index is 12.1. The Morgan fingerprint density at radius 2 is 1.77 bits per heavy atom. The fourth-order valence-corrected chi connectivity index (χ4v) is 2.83. The van der Waals surface area contributed by atoms with Crippen LogP contribution in [0.25, 0.3) is 0 Å². The predicted octanol–water partition coefficient (Wildman–Crippen LogP) is 1.45. The normalized spacial score (nSPS) is 18.9. The number of nitrogens with zero attached hydrogens (tertiary/aromatic N) is 4. The van der Waals surface area contributed by atoms with Crippen molar-refractivity contribution in [2.24, 2.45) is 20.7 Å². The molecule has 9 nitrogen and oxygen atoms in total. The van der Waals surface area contributed by atoms with Crippen LogP contribution in [0, 0.1) is 4.91 Å². The van der Waals surface area contributed by atoms with Gasteiger partial charge in [-0.3, -0.25) is 0 Å². The first-order valence-electron chi connectivity index (χ1n) is 7.91. The highest BCUT2D eigenvalue weighted by molar-refractivity contribution is 6.66. The van der Waals surface area contributed by atoms with E-state index in [1.807, 2.05) is 12.1 Å². The van der Waals surface area contributed by atoms with Gasteiger partial charge in [0.1, 0.15) is 0 Å². The van der Waals surface area contributed by atoms with E-state index < -0.39 is 6.17 Å². The van der Waals surface area contributed by atoms with Gasteiger partial charge in [0, 0.05) is 11.2 Å². The third-order valence-electron chi connectivity index (χ3n) is 3.96. The van der Waals surface area contributed by atoms with E-state index in [0.717, 1.165) is 5.56 Å². The van der Waals surface area contributed by atoms with Crippen molar-refractivity contribution in [2.45, 2.75) is 19.5 Å². The Kier molecular flexibility index (Phi) is 4.70. The summed E-state index contributed by atoms with van der Waals surface area (Å²) in [6, 6.07) is 3.63. The van der Waals surface area contributed by atoms with Crippen molar-refractivity contribution < 1.29 is 19.0 Å². The zero-order valence-electron chi connectivity index (χ0n) is 15.0. The van der Waals surface area contributed by atoms with Crippen molar-refractivity contribution in [3.63, 3.8) is 0 Å². The van der Waals surface area contributed by atoms with Gasteiger partial charge in [0.2, 0.25) is 17.6 Å². The lowest BCUT2D eigenvalue weighted by Crippen LogP contribution is -2.42. The SMILES string of the molecule is COc1cc(CC2N=C(N)C3=NC(C)=C[N+](=O)C3=N2)cc(OC)c1OC. The zero-order chi connectivity index (χ0) is 18.8. The van der Waals surface area contributed by atoms with Gasteiger partial charge < -0.3 is 19.9 Å².